The Hall–Kier alpha value is -1.31. The van der Waals surface area contributed by atoms with Gasteiger partial charge in [0.15, 0.2) is 0 Å². The quantitative estimate of drug-likeness (QED) is 0.607. The molecule has 0 N–H and O–H groups in total. The van der Waals surface area contributed by atoms with Crippen molar-refractivity contribution in [2.75, 3.05) is 7.11 Å². The van der Waals surface area contributed by atoms with Gasteiger partial charge in [0.1, 0.15) is 5.75 Å². The van der Waals surface area contributed by atoms with Crippen molar-refractivity contribution in [3.63, 3.8) is 0 Å². The van der Waals surface area contributed by atoms with Crippen molar-refractivity contribution in [3.8, 4) is 5.75 Å². The Bertz CT molecular complexity index is 441. The minimum Gasteiger partial charge on any atom is -0.497 e. The molecule has 0 heterocycles. The molecule has 1 rings (SSSR count). The van der Waals surface area contributed by atoms with Crippen LogP contribution in [0.25, 0.3) is 0 Å². The van der Waals surface area contributed by atoms with Crippen molar-refractivity contribution in [1.82, 2.24) is 0 Å². The van der Waals surface area contributed by atoms with E-state index in [0.717, 1.165) is 12.2 Å². The number of ether oxygens (including phenoxy) is 1. The van der Waals surface area contributed by atoms with Gasteiger partial charge in [-0.2, -0.15) is 0 Å². The summed E-state index contributed by atoms with van der Waals surface area (Å²) in [5.74, 6) is 2.03. The Kier molecular flexibility index (Phi) is 7.49. The Morgan fingerprint density at radius 1 is 1.14 bits per heavy atom. The summed E-state index contributed by atoms with van der Waals surface area (Å²) in [5.41, 5.74) is 2.57. The van der Waals surface area contributed by atoms with Gasteiger partial charge in [0.25, 0.3) is 0 Å². The number of hydrogen-bond acceptors (Lipinski definition) is 2. The summed E-state index contributed by atoms with van der Waals surface area (Å²) >= 11 is 0. The number of aliphatic imine (C=N–C) groups is 1. The van der Waals surface area contributed by atoms with Crippen LogP contribution < -0.4 is 4.74 Å². The van der Waals surface area contributed by atoms with Gasteiger partial charge in [0, 0.05) is 6.21 Å². The summed E-state index contributed by atoms with van der Waals surface area (Å²) in [4.78, 5) is 4.86. The lowest BCUT2D eigenvalue weighted by Crippen LogP contribution is -2.20. The number of methoxy groups -OCH3 is 1. The first-order valence-electron chi connectivity index (χ1n) is 8.19. The van der Waals surface area contributed by atoms with E-state index in [4.69, 9.17) is 9.73 Å². The Labute approximate surface area is 130 Å². The van der Waals surface area contributed by atoms with E-state index < -0.39 is 0 Å². The van der Waals surface area contributed by atoms with Gasteiger partial charge in [-0.25, -0.2) is 0 Å². The predicted octanol–water partition coefficient (Wildman–Crippen LogP) is 5.14. The summed E-state index contributed by atoms with van der Waals surface area (Å²) < 4.78 is 5.35. The van der Waals surface area contributed by atoms with E-state index in [1.165, 1.54) is 24.0 Å². The molecular formula is C19H31NO. The molecule has 0 fully saturated rings. The van der Waals surface area contributed by atoms with Gasteiger partial charge in [0.2, 0.25) is 0 Å². The van der Waals surface area contributed by atoms with Crippen LogP contribution in [0.1, 0.15) is 58.6 Å². The Morgan fingerprint density at radius 2 is 1.81 bits per heavy atom. The molecule has 0 saturated heterocycles. The molecule has 0 aliphatic rings. The van der Waals surface area contributed by atoms with E-state index in [1.807, 2.05) is 6.07 Å². The number of benzene rings is 1. The molecule has 118 valence electrons. The molecule has 0 radical (unpaired) electrons. The minimum atomic E-state index is 0.371. The molecule has 2 heteroatoms. The van der Waals surface area contributed by atoms with E-state index in [9.17, 15) is 0 Å². The van der Waals surface area contributed by atoms with E-state index in [0.29, 0.717) is 17.9 Å². The lowest BCUT2D eigenvalue weighted by molar-refractivity contribution is 0.390. The van der Waals surface area contributed by atoms with Gasteiger partial charge >= 0.3 is 0 Å². The second-order valence-corrected chi connectivity index (χ2v) is 6.43. The first-order chi connectivity index (χ1) is 9.99. The van der Waals surface area contributed by atoms with Gasteiger partial charge in [-0.1, -0.05) is 47.1 Å². The van der Waals surface area contributed by atoms with Crippen LogP contribution in [0, 0.1) is 11.8 Å². The van der Waals surface area contributed by atoms with Crippen LogP contribution in [0.3, 0.4) is 0 Å². The normalized spacial score (nSPS) is 12.0. The van der Waals surface area contributed by atoms with E-state index in [-0.39, 0.29) is 0 Å². The molecule has 2 nitrogen and oxygen atoms in total. The monoisotopic (exact) mass is 289 g/mol. The zero-order chi connectivity index (χ0) is 15.8. The third-order valence-corrected chi connectivity index (χ3v) is 3.90. The Morgan fingerprint density at radius 3 is 2.33 bits per heavy atom. The molecule has 0 aliphatic carbocycles. The van der Waals surface area contributed by atoms with Gasteiger partial charge < -0.3 is 4.74 Å². The lowest BCUT2D eigenvalue weighted by atomic mass is 9.94. The molecule has 21 heavy (non-hydrogen) atoms. The van der Waals surface area contributed by atoms with Crippen LogP contribution in [0.2, 0.25) is 0 Å². The summed E-state index contributed by atoms with van der Waals surface area (Å²) in [5, 5.41) is 0. The van der Waals surface area contributed by atoms with Crippen LogP contribution in [-0.4, -0.2) is 19.4 Å². The molecule has 0 saturated carbocycles. The van der Waals surface area contributed by atoms with Crippen LogP contribution in [0.5, 0.6) is 5.75 Å². The Balaban J connectivity index is 3.02. The molecule has 0 aromatic heterocycles. The van der Waals surface area contributed by atoms with Crippen molar-refractivity contribution < 1.29 is 4.74 Å². The molecule has 0 aliphatic heterocycles. The second-order valence-electron chi connectivity index (χ2n) is 6.43. The molecule has 1 aromatic carbocycles. The zero-order valence-corrected chi connectivity index (χ0v) is 14.5. The first-order valence-corrected chi connectivity index (χ1v) is 8.19. The topological polar surface area (TPSA) is 21.6 Å². The fourth-order valence-electron chi connectivity index (χ4n) is 2.70. The number of rotatable bonds is 8. The smallest absolute Gasteiger partial charge is 0.119 e. The maximum atomic E-state index is 5.35. The zero-order valence-electron chi connectivity index (χ0n) is 14.5. The van der Waals surface area contributed by atoms with Crippen LogP contribution >= 0.6 is 0 Å². The molecule has 0 unspecified atom stereocenters. The van der Waals surface area contributed by atoms with Gasteiger partial charge in [-0.15, -0.1) is 0 Å². The molecule has 1 aromatic rings. The van der Waals surface area contributed by atoms with Crippen LogP contribution in [0.4, 0.5) is 0 Å². The fraction of sp³-hybridized carbons (Fsp3) is 0.632. The standard InChI is InChI=1S/C19H31NO/c1-7-8-9-16-10-11-18(21-6)12-17(16)13-20-19(14(2)3)15(4)5/h10-15,19H,7-9H2,1-6H3. The van der Waals surface area contributed by atoms with E-state index in [2.05, 4.69) is 53.0 Å². The van der Waals surface area contributed by atoms with Crippen molar-refractivity contribution in [3.05, 3.63) is 29.3 Å². The molecule has 0 spiro atoms. The van der Waals surface area contributed by atoms with Gasteiger partial charge in [-0.05, 0) is 47.9 Å². The summed E-state index contributed by atoms with van der Waals surface area (Å²) in [6, 6.07) is 6.70. The maximum absolute atomic E-state index is 5.35. The van der Waals surface area contributed by atoms with Crippen molar-refractivity contribution in [2.24, 2.45) is 16.8 Å². The van der Waals surface area contributed by atoms with Crippen molar-refractivity contribution in [1.29, 1.82) is 0 Å². The van der Waals surface area contributed by atoms with E-state index in [1.54, 1.807) is 7.11 Å². The van der Waals surface area contributed by atoms with Gasteiger partial charge in [-0.3, -0.25) is 4.99 Å². The average Bonchev–Trinajstić information content (AvgIpc) is 2.45. The maximum Gasteiger partial charge on any atom is 0.119 e. The van der Waals surface area contributed by atoms with Gasteiger partial charge in [0.05, 0.1) is 13.2 Å². The average molecular weight is 289 g/mol. The third-order valence-electron chi connectivity index (χ3n) is 3.90. The molecule has 0 atom stereocenters. The highest BCUT2D eigenvalue weighted by Crippen LogP contribution is 2.20. The fourth-order valence-corrected chi connectivity index (χ4v) is 2.70. The van der Waals surface area contributed by atoms with Crippen LogP contribution in [0.15, 0.2) is 23.2 Å². The summed E-state index contributed by atoms with van der Waals surface area (Å²) in [6.45, 7) is 11.2. The van der Waals surface area contributed by atoms with Crippen molar-refractivity contribution >= 4 is 6.21 Å². The predicted molar refractivity (Wildman–Crippen MR) is 92.7 cm³/mol. The third kappa shape index (κ3) is 5.53. The number of aryl methyl sites for hydroxylation is 1. The van der Waals surface area contributed by atoms with E-state index >= 15 is 0 Å². The lowest BCUT2D eigenvalue weighted by Gasteiger charge is -2.20. The summed E-state index contributed by atoms with van der Waals surface area (Å²) in [7, 11) is 1.72. The first kappa shape index (κ1) is 17.7. The highest BCUT2D eigenvalue weighted by atomic mass is 16.5. The summed E-state index contributed by atoms with van der Waals surface area (Å²) in [6.07, 6.45) is 5.59. The van der Waals surface area contributed by atoms with Crippen LogP contribution in [-0.2, 0) is 6.42 Å². The highest BCUT2D eigenvalue weighted by Gasteiger charge is 2.15. The largest absolute Gasteiger partial charge is 0.497 e. The molecule has 0 bridgehead atoms. The number of hydrogen-bond donors (Lipinski definition) is 0. The number of nitrogens with zero attached hydrogens (tertiary/aromatic N) is 1. The molecular weight excluding hydrogens is 258 g/mol. The highest BCUT2D eigenvalue weighted by molar-refractivity contribution is 5.82. The molecule has 0 amide bonds. The minimum absolute atomic E-state index is 0.371. The SMILES string of the molecule is CCCCc1ccc(OC)cc1C=NC(C(C)C)C(C)C. The number of unbranched alkanes of at least 4 members (excludes halogenated alkanes) is 1. The van der Waals surface area contributed by atoms with Crippen molar-refractivity contribution in [2.45, 2.75) is 59.9 Å². The second kappa shape index (κ2) is 8.86.